The molecule has 1 saturated carbocycles. The average Bonchev–Trinajstić information content (AvgIpc) is 3.72. The number of carbonyl (C=O) groups is 1. The topological polar surface area (TPSA) is 88.2 Å². The van der Waals surface area contributed by atoms with Gasteiger partial charge in [0.25, 0.3) is 5.91 Å². The number of hydrogen-bond donors (Lipinski definition) is 1. The Balaban J connectivity index is 1.37. The third-order valence-electron chi connectivity index (χ3n) is 6.72. The number of amides is 1. The van der Waals surface area contributed by atoms with Gasteiger partial charge in [0.1, 0.15) is 18.0 Å². The third kappa shape index (κ3) is 5.37. The molecule has 2 fully saturated rings. The standard InChI is InChI=1S/C28H29FN6O/c1-2-25-23(8-5-19-6-10-26(30)31-16-19)27(33-18-32-25)21-7-9-22(24(29)15-21)28(36)35-13-11-34(12-14-35)17-20-3-4-20/h6-7,9-10,15-16,18,20H,2-4,11-14,17H2,1H3,(H2,30,31). The average molecular weight is 485 g/mol. The summed E-state index contributed by atoms with van der Waals surface area (Å²) in [5.74, 6) is 6.63. The van der Waals surface area contributed by atoms with E-state index in [0.29, 0.717) is 47.7 Å². The van der Waals surface area contributed by atoms with Crippen LogP contribution in [0.2, 0.25) is 0 Å². The summed E-state index contributed by atoms with van der Waals surface area (Å²) in [6.45, 7) is 6.03. The Bertz CT molecular complexity index is 1320. The second-order valence-electron chi connectivity index (χ2n) is 9.35. The number of rotatable bonds is 5. The van der Waals surface area contributed by atoms with Crippen LogP contribution in [0.25, 0.3) is 11.3 Å². The van der Waals surface area contributed by atoms with Crippen molar-refractivity contribution in [3.8, 4) is 23.1 Å². The number of nitrogen functional groups attached to an aromatic ring is 1. The molecule has 2 N–H and O–H groups in total. The summed E-state index contributed by atoms with van der Waals surface area (Å²) < 4.78 is 15.2. The van der Waals surface area contributed by atoms with E-state index in [-0.39, 0.29) is 11.5 Å². The minimum absolute atomic E-state index is 0.0831. The zero-order chi connectivity index (χ0) is 25.1. The van der Waals surface area contributed by atoms with Crippen LogP contribution in [-0.2, 0) is 6.42 Å². The summed E-state index contributed by atoms with van der Waals surface area (Å²) in [6.07, 6.45) is 6.33. The molecule has 2 aromatic heterocycles. The van der Waals surface area contributed by atoms with Crippen LogP contribution in [0.15, 0.2) is 42.9 Å². The van der Waals surface area contributed by atoms with Crippen LogP contribution in [0.4, 0.5) is 10.2 Å². The zero-order valence-corrected chi connectivity index (χ0v) is 20.4. The highest BCUT2D eigenvalue weighted by atomic mass is 19.1. The first kappa shape index (κ1) is 23.9. The maximum Gasteiger partial charge on any atom is 0.256 e. The molecule has 8 heteroatoms. The van der Waals surface area contributed by atoms with Crippen molar-refractivity contribution in [3.05, 3.63) is 71.1 Å². The molecule has 3 heterocycles. The molecular formula is C28H29FN6O. The lowest BCUT2D eigenvalue weighted by molar-refractivity contribution is 0.0627. The number of pyridine rings is 1. The second kappa shape index (κ2) is 10.4. The smallest absolute Gasteiger partial charge is 0.256 e. The van der Waals surface area contributed by atoms with Crippen molar-refractivity contribution < 1.29 is 9.18 Å². The highest BCUT2D eigenvalue weighted by Gasteiger charge is 2.28. The fourth-order valence-electron chi connectivity index (χ4n) is 4.46. The number of benzene rings is 1. The first-order valence-electron chi connectivity index (χ1n) is 12.4. The predicted molar refractivity (Wildman–Crippen MR) is 137 cm³/mol. The number of nitrogens with zero attached hydrogens (tertiary/aromatic N) is 5. The lowest BCUT2D eigenvalue weighted by Crippen LogP contribution is -2.49. The Morgan fingerprint density at radius 3 is 2.56 bits per heavy atom. The lowest BCUT2D eigenvalue weighted by Gasteiger charge is -2.34. The first-order valence-corrected chi connectivity index (χ1v) is 12.4. The van der Waals surface area contributed by atoms with Gasteiger partial charge < -0.3 is 10.6 Å². The number of halogens is 1. The highest BCUT2D eigenvalue weighted by molar-refractivity contribution is 5.95. The van der Waals surface area contributed by atoms with Crippen molar-refractivity contribution in [2.75, 3.05) is 38.5 Å². The molecule has 0 spiro atoms. The van der Waals surface area contributed by atoms with Gasteiger partial charge in [0, 0.05) is 50.0 Å². The Labute approximate surface area is 210 Å². The molecule has 1 aliphatic carbocycles. The third-order valence-corrected chi connectivity index (χ3v) is 6.72. The number of hydrogen-bond acceptors (Lipinski definition) is 6. The van der Waals surface area contributed by atoms with Crippen LogP contribution < -0.4 is 5.73 Å². The van der Waals surface area contributed by atoms with Crippen LogP contribution in [-0.4, -0.2) is 63.4 Å². The number of nitrogens with two attached hydrogens (primary N) is 1. The summed E-state index contributed by atoms with van der Waals surface area (Å²) in [5.41, 5.74) is 8.91. The SMILES string of the molecule is CCc1ncnc(-c2ccc(C(=O)N3CCN(CC4CC4)CC3)c(F)c2)c1C#Cc1ccc(N)nc1. The number of anilines is 1. The van der Waals surface area contributed by atoms with Gasteiger partial charge in [0.2, 0.25) is 0 Å². The van der Waals surface area contributed by atoms with Gasteiger partial charge >= 0.3 is 0 Å². The molecule has 1 saturated heterocycles. The van der Waals surface area contributed by atoms with E-state index >= 15 is 4.39 Å². The zero-order valence-electron chi connectivity index (χ0n) is 20.4. The van der Waals surface area contributed by atoms with Gasteiger partial charge in [-0.05, 0) is 49.4 Å². The molecule has 1 aromatic carbocycles. The van der Waals surface area contributed by atoms with E-state index < -0.39 is 5.82 Å². The molecule has 1 amide bonds. The van der Waals surface area contributed by atoms with E-state index in [2.05, 4.69) is 31.7 Å². The Kier molecular flexibility index (Phi) is 6.92. The normalized spacial score (nSPS) is 15.9. The van der Waals surface area contributed by atoms with Crippen molar-refractivity contribution in [2.24, 2.45) is 5.92 Å². The molecule has 0 radical (unpaired) electrons. The Hall–Kier alpha value is -3.83. The minimum Gasteiger partial charge on any atom is -0.384 e. The monoisotopic (exact) mass is 484 g/mol. The van der Waals surface area contributed by atoms with Gasteiger partial charge in [0.05, 0.1) is 22.5 Å². The van der Waals surface area contributed by atoms with Crippen molar-refractivity contribution in [2.45, 2.75) is 26.2 Å². The summed E-state index contributed by atoms with van der Waals surface area (Å²) in [5, 5.41) is 0. The molecule has 1 aliphatic heterocycles. The summed E-state index contributed by atoms with van der Waals surface area (Å²) in [6, 6.07) is 8.13. The maximum atomic E-state index is 15.2. The Morgan fingerprint density at radius 2 is 1.89 bits per heavy atom. The molecule has 36 heavy (non-hydrogen) atoms. The molecule has 0 bridgehead atoms. The summed E-state index contributed by atoms with van der Waals surface area (Å²) in [4.78, 5) is 30.1. The van der Waals surface area contributed by atoms with E-state index in [9.17, 15) is 4.79 Å². The molecular weight excluding hydrogens is 455 g/mol. The molecule has 184 valence electrons. The number of aromatic nitrogens is 3. The van der Waals surface area contributed by atoms with E-state index in [0.717, 1.165) is 31.2 Å². The lowest BCUT2D eigenvalue weighted by atomic mass is 10.0. The van der Waals surface area contributed by atoms with Crippen molar-refractivity contribution in [1.82, 2.24) is 24.8 Å². The fourth-order valence-corrected chi connectivity index (χ4v) is 4.46. The van der Waals surface area contributed by atoms with E-state index in [1.807, 2.05) is 6.92 Å². The van der Waals surface area contributed by atoms with Crippen LogP contribution >= 0.6 is 0 Å². The molecule has 5 rings (SSSR count). The van der Waals surface area contributed by atoms with Gasteiger partial charge in [-0.1, -0.05) is 24.8 Å². The van der Waals surface area contributed by atoms with Crippen molar-refractivity contribution in [3.63, 3.8) is 0 Å². The number of aryl methyl sites for hydroxylation is 1. The van der Waals surface area contributed by atoms with Crippen LogP contribution in [0.5, 0.6) is 0 Å². The molecule has 0 unspecified atom stereocenters. The van der Waals surface area contributed by atoms with E-state index in [1.165, 1.54) is 25.2 Å². The highest BCUT2D eigenvalue weighted by Crippen LogP contribution is 2.30. The molecule has 2 aliphatic rings. The Morgan fingerprint density at radius 1 is 1.08 bits per heavy atom. The van der Waals surface area contributed by atoms with Crippen molar-refractivity contribution >= 4 is 11.7 Å². The first-order chi connectivity index (χ1) is 17.5. The molecule has 7 nitrogen and oxygen atoms in total. The van der Waals surface area contributed by atoms with E-state index in [4.69, 9.17) is 5.73 Å². The van der Waals surface area contributed by atoms with Gasteiger partial charge in [-0.15, -0.1) is 0 Å². The van der Waals surface area contributed by atoms with Crippen molar-refractivity contribution in [1.29, 1.82) is 0 Å². The number of piperazine rings is 1. The largest absolute Gasteiger partial charge is 0.384 e. The van der Waals surface area contributed by atoms with Gasteiger partial charge in [-0.2, -0.15) is 0 Å². The quantitative estimate of drug-likeness (QED) is 0.559. The summed E-state index contributed by atoms with van der Waals surface area (Å²) in [7, 11) is 0. The fraction of sp³-hybridized carbons (Fsp3) is 0.357. The van der Waals surface area contributed by atoms with Gasteiger partial charge in [-0.3, -0.25) is 9.69 Å². The number of carbonyl (C=O) groups excluding carboxylic acids is 1. The maximum absolute atomic E-state index is 15.2. The van der Waals surface area contributed by atoms with Crippen LogP contribution in [0.1, 0.15) is 46.9 Å². The second-order valence-corrected chi connectivity index (χ2v) is 9.35. The van der Waals surface area contributed by atoms with Gasteiger partial charge in [-0.25, -0.2) is 19.3 Å². The van der Waals surface area contributed by atoms with Gasteiger partial charge in [0.15, 0.2) is 0 Å². The summed E-state index contributed by atoms with van der Waals surface area (Å²) >= 11 is 0. The van der Waals surface area contributed by atoms with Crippen LogP contribution in [0, 0.1) is 23.6 Å². The minimum atomic E-state index is -0.559. The predicted octanol–water partition coefficient (Wildman–Crippen LogP) is 3.39. The molecule has 0 atom stereocenters. The van der Waals surface area contributed by atoms with Crippen LogP contribution in [0.3, 0.4) is 0 Å². The van der Waals surface area contributed by atoms with E-state index in [1.54, 1.807) is 35.4 Å². The molecule has 3 aromatic rings.